The fraction of sp³-hybridized carbons (Fsp3) is 0.286. The van der Waals surface area contributed by atoms with Crippen molar-refractivity contribution in [2.75, 3.05) is 18.4 Å². The van der Waals surface area contributed by atoms with Crippen molar-refractivity contribution in [1.29, 1.82) is 0 Å². The highest BCUT2D eigenvalue weighted by Crippen LogP contribution is 2.32. The number of para-hydroxylation sites is 1. The molecule has 5 nitrogen and oxygen atoms in total. The van der Waals surface area contributed by atoms with E-state index in [0.29, 0.717) is 30.8 Å². The Morgan fingerprint density at radius 1 is 1.11 bits per heavy atom. The molecule has 1 N–H and O–H groups in total. The normalized spacial score (nSPS) is 14.8. The molecule has 0 unspecified atom stereocenters. The molecule has 28 heavy (non-hydrogen) atoms. The highest BCUT2D eigenvalue weighted by Gasteiger charge is 2.29. The maximum absolute atomic E-state index is 13.0. The minimum absolute atomic E-state index is 0.0275. The zero-order valence-corrected chi connectivity index (χ0v) is 17.2. The minimum atomic E-state index is -0.0616. The third-order valence-electron chi connectivity index (χ3n) is 4.92. The summed E-state index contributed by atoms with van der Waals surface area (Å²) >= 11 is 3.08. The lowest BCUT2D eigenvalue weighted by Crippen LogP contribution is -2.41. The standard InChI is InChI=1S/C21H21N3O2S2/c1-14-18(28-20(22-14)17-8-5-13-27-17)21(26)24-11-9-15(10-12-24)19(25)23-16-6-3-2-4-7-16/h2-8,13,15H,9-12H2,1H3,(H,23,25). The number of carbonyl (C=O) groups is 2. The van der Waals surface area contributed by atoms with Crippen molar-refractivity contribution < 1.29 is 9.59 Å². The minimum Gasteiger partial charge on any atom is -0.338 e. The van der Waals surface area contributed by atoms with E-state index in [-0.39, 0.29) is 17.7 Å². The summed E-state index contributed by atoms with van der Waals surface area (Å²) in [6, 6.07) is 13.5. The van der Waals surface area contributed by atoms with Crippen molar-refractivity contribution in [3.63, 3.8) is 0 Å². The summed E-state index contributed by atoms with van der Waals surface area (Å²) in [5, 5.41) is 5.88. The first-order valence-electron chi connectivity index (χ1n) is 9.28. The number of hydrogen-bond acceptors (Lipinski definition) is 5. The largest absolute Gasteiger partial charge is 0.338 e. The molecule has 1 aliphatic heterocycles. The van der Waals surface area contributed by atoms with Gasteiger partial charge in [-0.1, -0.05) is 24.3 Å². The molecule has 2 aromatic heterocycles. The van der Waals surface area contributed by atoms with Crippen LogP contribution in [0, 0.1) is 12.8 Å². The number of thiophene rings is 1. The number of amides is 2. The van der Waals surface area contributed by atoms with Crippen LogP contribution in [0.1, 0.15) is 28.2 Å². The van der Waals surface area contributed by atoms with E-state index in [1.807, 2.05) is 59.7 Å². The number of carbonyl (C=O) groups excluding carboxylic acids is 2. The molecule has 0 saturated carbocycles. The average Bonchev–Trinajstić information content (AvgIpc) is 3.38. The second-order valence-corrected chi connectivity index (χ2v) is 8.78. The van der Waals surface area contributed by atoms with Gasteiger partial charge in [-0.25, -0.2) is 4.98 Å². The Bertz CT molecular complexity index is 959. The number of rotatable bonds is 4. The number of aryl methyl sites for hydroxylation is 1. The lowest BCUT2D eigenvalue weighted by molar-refractivity contribution is -0.121. The van der Waals surface area contributed by atoms with Crippen LogP contribution in [0.4, 0.5) is 5.69 Å². The lowest BCUT2D eigenvalue weighted by atomic mass is 9.95. The van der Waals surface area contributed by atoms with E-state index in [0.717, 1.165) is 21.3 Å². The fourth-order valence-corrected chi connectivity index (χ4v) is 5.19. The van der Waals surface area contributed by atoms with Gasteiger partial charge in [0.15, 0.2) is 0 Å². The number of hydrogen-bond donors (Lipinski definition) is 1. The fourth-order valence-electron chi connectivity index (χ4n) is 3.35. The number of piperidine rings is 1. The van der Waals surface area contributed by atoms with Gasteiger partial charge in [-0.15, -0.1) is 22.7 Å². The Balaban J connectivity index is 1.37. The topological polar surface area (TPSA) is 62.3 Å². The molecule has 2 amide bonds. The third-order valence-corrected chi connectivity index (χ3v) is 7.10. The predicted octanol–water partition coefficient (Wildman–Crippen LogP) is 4.67. The monoisotopic (exact) mass is 411 g/mol. The van der Waals surface area contributed by atoms with Crippen molar-refractivity contribution in [1.82, 2.24) is 9.88 Å². The summed E-state index contributed by atoms with van der Waals surface area (Å²) in [7, 11) is 0. The molecule has 3 aromatic rings. The Morgan fingerprint density at radius 2 is 1.86 bits per heavy atom. The summed E-state index contributed by atoms with van der Waals surface area (Å²) in [6.07, 6.45) is 1.36. The molecule has 1 saturated heterocycles. The number of anilines is 1. The molecule has 1 aliphatic rings. The molecule has 0 bridgehead atoms. The quantitative estimate of drug-likeness (QED) is 0.679. The van der Waals surface area contributed by atoms with Crippen LogP contribution < -0.4 is 5.32 Å². The lowest BCUT2D eigenvalue weighted by Gasteiger charge is -2.31. The average molecular weight is 412 g/mol. The zero-order valence-electron chi connectivity index (χ0n) is 15.6. The molecule has 0 spiro atoms. The predicted molar refractivity (Wildman–Crippen MR) is 114 cm³/mol. The van der Waals surface area contributed by atoms with E-state index < -0.39 is 0 Å². The summed E-state index contributed by atoms with van der Waals surface area (Å²) in [5.74, 6) is 0.000434. The first kappa shape index (κ1) is 18.8. The van der Waals surface area contributed by atoms with Crippen LogP contribution >= 0.6 is 22.7 Å². The van der Waals surface area contributed by atoms with Gasteiger partial charge in [0.25, 0.3) is 5.91 Å². The van der Waals surface area contributed by atoms with E-state index in [2.05, 4.69) is 10.3 Å². The molecule has 0 radical (unpaired) electrons. The zero-order chi connectivity index (χ0) is 19.5. The van der Waals surface area contributed by atoms with Crippen LogP contribution in [0.25, 0.3) is 9.88 Å². The maximum Gasteiger partial charge on any atom is 0.265 e. The van der Waals surface area contributed by atoms with Crippen LogP contribution in [0.5, 0.6) is 0 Å². The number of likely N-dealkylation sites (tertiary alicyclic amines) is 1. The maximum atomic E-state index is 13.0. The first-order valence-corrected chi connectivity index (χ1v) is 11.0. The molecule has 4 rings (SSSR count). The first-order chi connectivity index (χ1) is 13.6. The summed E-state index contributed by atoms with van der Waals surface area (Å²) in [4.78, 5) is 33.7. The SMILES string of the molecule is Cc1nc(-c2cccs2)sc1C(=O)N1CCC(C(=O)Nc2ccccc2)CC1. The number of thiazole rings is 1. The molecule has 1 aromatic carbocycles. The highest BCUT2D eigenvalue weighted by molar-refractivity contribution is 7.22. The summed E-state index contributed by atoms with van der Waals surface area (Å²) in [5.41, 5.74) is 1.59. The van der Waals surface area contributed by atoms with E-state index in [1.165, 1.54) is 11.3 Å². The van der Waals surface area contributed by atoms with Crippen LogP contribution in [0.15, 0.2) is 47.8 Å². The molecule has 0 atom stereocenters. The van der Waals surface area contributed by atoms with Crippen LogP contribution in [-0.2, 0) is 4.79 Å². The van der Waals surface area contributed by atoms with Gasteiger partial charge in [0.2, 0.25) is 5.91 Å². The smallest absolute Gasteiger partial charge is 0.265 e. The summed E-state index contributed by atoms with van der Waals surface area (Å²) < 4.78 is 0. The van der Waals surface area contributed by atoms with Gasteiger partial charge in [0.1, 0.15) is 9.88 Å². The Hall–Kier alpha value is -2.51. The highest BCUT2D eigenvalue weighted by atomic mass is 32.1. The van der Waals surface area contributed by atoms with E-state index in [9.17, 15) is 9.59 Å². The van der Waals surface area contributed by atoms with Crippen LogP contribution in [-0.4, -0.2) is 34.8 Å². The Labute approximate surface area is 172 Å². The van der Waals surface area contributed by atoms with Gasteiger partial charge < -0.3 is 10.2 Å². The van der Waals surface area contributed by atoms with E-state index >= 15 is 0 Å². The molecule has 7 heteroatoms. The van der Waals surface area contributed by atoms with Gasteiger partial charge in [-0.2, -0.15) is 0 Å². The molecule has 144 valence electrons. The van der Waals surface area contributed by atoms with Crippen molar-refractivity contribution in [3.05, 3.63) is 58.4 Å². The second-order valence-electron chi connectivity index (χ2n) is 6.83. The molecule has 0 aliphatic carbocycles. The number of benzene rings is 1. The van der Waals surface area contributed by atoms with Crippen LogP contribution in [0.3, 0.4) is 0 Å². The Morgan fingerprint density at radius 3 is 2.54 bits per heavy atom. The number of nitrogens with zero attached hydrogens (tertiary/aromatic N) is 2. The molecular formula is C21H21N3O2S2. The second kappa shape index (κ2) is 8.24. The summed E-state index contributed by atoms with van der Waals surface area (Å²) in [6.45, 7) is 3.08. The molecule has 1 fully saturated rings. The van der Waals surface area contributed by atoms with Gasteiger partial charge in [0, 0.05) is 24.7 Å². The van der Waals surface area contributed by atoms with Gasteiger partial charge in [0.05, 0.1) is 10.6 Å². The van der Waals surface area contributed by atoms with Gasteiger partial charge in [-0.3, -0.25) is 9.59 Å². The third kappa shape index (κ3) is 4.00. The van der Waals surface area contributed by atoms with E-state index in [4.69, 9.17) is 0 Å². The van der Waals surface area contributed by atoms with Crippen molar-refractivity contribution in [2.45, 2.75) is 19.8 Å². The van der Waals surface area contributed by atoms with Crippen LogP contribution in [0.2, 0.25) is 0 Å². The van der Waals surface area contributed by atoms with Gasteiger partial charge in [-0.05, 0) is 43.3 Å². The van der Waals surface area contributed by atoms with Crippen molar-refractivity contribution in [2.24, 2.45) is 5.92 Å². The van der Waals surface area contributed by atoms with Crippen molar-refractivity contribution >= 4 is 40.2 Å². The van der Waals surface area contributed by atoms with Crippen molar-refractivity contribution in [3.8, 4) is 9.88 Å². The number of aromatic nitrogens is 1. The number of nitrogens with one attached hydrogen (secondary N) is 1. The Kier molecular flexibility index (Phi) is 5.54. The van der Waals surface area contributed by atoms with E-state index in [1.54, 1.807) is 11.3 Å². The molecular weight excluding hydrogens is 390 g/mol. The van der Waals surface area contributed by atoms with Gasteiger partial charge >= 0.3 is 0 Å². The molecule has 3 heterocycles.